The Morgan fingerprint density at radius 2 is 1.37 bits per heavy atom. The van der Waals surface area contributed by atoms with Crippen molar-refractivity contribution < 1.29 is 8.78 Å². The van der Waals surface area contributed by atoms with Crippen LogP contribution in [0.1, 0.15) is 12.0 Å². The summed E-state index contributed by atoms with van der Waals surface area (Å²) >= 11 is 0. The SMILES string of the molecule is FC(F)c1ccccc1-c1ccc2ccccc2c1. The van der Waals surface area contributed by atoms with Crippen molar-refractivity contribution in [1.82, 2.24) is 0 Å². The molecule has 0 radical (unpaired) electrons. The zero-order chi connectivity index (χ0) is 13.2. The lowest BCUT2D eigenvalue weighted by Gasteiger charge is -2.09. The van der Waals surface area contributed by atoms with Gasteiger partial charge in [-0.15, -0.1) is 0 Å². The van der Waals surface area contributed by atoms with Crippen LogP contribution in [0.15, 0.2) is 66.7 Å². The minimum absolute atomic E-state index is 0.0813. The summed E-state index contributed by atoms with van der Waals surface area (Å²) in [4.78, 5) is 0. The number of alkyl halides is 2. The fourth-order valence-corrected chi connectivity index (χ4v) is 2.31. The van der Waals surface area contributed by atoms with Crippen LogP contribution in [0.5, 0.6) is 0 Å². The molecular weight excluding hydrogens is 242 g/mol. The van der Waals surface area contributed by atoms with E-state index in [0.717, 1.165) is 16.3 Å². The second-order valence-corrected chi connectivity index (χ2v) is 4.45. The number of halogens is 2. The summed E-state index contributed by atoms with van der Waals surface area (Å²) in [5.74, 6) is 0. The van der Waals surface area contributed by atoms with Gasteiger partial charge in [0.05, 0.1) is 0 Å². The molecule has 94 valence electrons. The Balaban J connectivity index is 2.19. The van der Waals surface area contributed by atoms with E-state index in [9.17, 15) is 8.78 Å². The lowest BCUT2D eigenvalue weighted by atomic mass is 9.97. The maximum atomic E-state index is 13.0. The van der Waals surface area contributed by atoms with E-state index in [0.29, 0.717) is 5.56 Å². The quantitative estimate of drug-likeness (QED) is 0.571. The van der Waals surface area contributed by atoms with Crippen LogP contribution in [0.25, 0.3) is 21.9 Å². The number of fused-ring (bicyclic) bond motifs is 1. The largest absolute Gasteiger partial charge is 0.264 e. The van der Waals surface area contributed by atoms with E-state index >= 15 is 0 Å². The van der Waals surface area contributed by atoms with Crippen molar-refractivity contribution in [2.75, 3.05) is 0 Å². The van der Waals surface area contributed by atoms with Gasteiger partial charge in [-0.3, -0.25) is 0 Å². The molecule has 0 aromatic heterocycles. The van der Waals surface area contributed by atoms with Gasteiger partial charge in [-0.05, 0) is 28.0 Å². The minimum atomic E-state index is -2.46. The first-order valence-corrected chi connectivity index (χ1v) is 6.12. The number of hydrogen-bond donors (Lipinski definition) is 0. The molecule has 0 aliphatic heterocycles. The van der Waals surface area contributed by atoms with Crippen molar-refractivity contribution in [3.63, 3.8) is 0 Å². The lowest BCUT2D eigenvalue weighted by molar-refractivity contribution is 0.152. The van der Waals surface area contributed by atoms with Gasteiger partial charge in [-0.1, -0.05) is 60.7 Å². The molecule has 0 amide bonds. The highest BCUT2D eigenvalue weighted by atomic mass is 19.3. The topological polar surface area (TPSA) is 0 Å². The highest BCUT2D eigenvalue weighted by molar-refractivity contribution is 5.87. The van der Waals surface area contributed by atoms with Crippen LogP contribution in [-0.2, 0) is 0 Å². The predicted octanol–water partition coefficient (Wildman–Crippen LogP) is 5.44. The molecule has 19 heavy (non-hydrogen) atoms. The van der Waals surface area contributed by atoms with Crippen molar-refractivity contribution in [2.24, 2.45) is 0 Å². The Labute approximate surface area is 110 Å². The third kappa shape index (κ3) is 2.22. The smallest absolute Gasteiger partial charge is 0.205 e. The summed E-state index contributed by atoms with van der Waals surface area (Å²) in [6, 6.07) is 20.4. The van der Waals surface area contributed by atoms with Crippen LogP contribution in [0.3, 0.4) is 0 Å². The molecule has 0 bridgehead atoms. The Hall–Kier alpha value is -2.22. The number of benzene rings is 3. The van der Waals surface area contributed by atoms with Gasteiger partial charge in [0.2, 0.25) is 0 Å². The third-order valence-electron chi connectivity index (χ3n) is 3.26. The van der Waals surface area contributed by atoms with Crippen LogP contribution < -0.4 is 0 Å². The molecule has 0 saturated carbocycles. The fraction of sp³-hybridized carbons (Fsp3) is 0.0588. The molecule has 0 atom stereocenters. The molecule has 2 heteroatoms. The first kappa shape index (κ1) is 11.8. The van der Waals surface area contributed by atoms with Crippen molar-refractivity contribution in [1.29, 1.82) is 0 Å². The van der Waals surface area contributed by atoms with Crippen LogP contribution in [0, 0.1) is 0 Å². The van der Waals surface area contributed by atoms with Gasteiger partial charge in [-0.2, -0.15) is 0 Å². The van der Waals surface area contributed by atoms with Crippen LogP contribution in [0.4, 0.5) is 8.78 Å². The summed E-state index contributed by atoms with van der Waals surface area (Å²) in [5.41, 5.74) is 1.51. The molecule has 0 nitrogen and oxygen atoms in total. The Morgan fingerprint density at radius 1 is 0.684 bits per heavy atom. The first-order chi connectivity index (χ1) is 9.25. The highest BCUT2D eigenvalue weighted by Crippen LogP contribution is 2.32. The van der Waals surface area contributed by atoms with Gasteiger partial charge in [0.15, 0.2) is 0 Å². The maximum Gasteiger partial charge on any atom is 0.264 e. The average molecular weight is 254 g/mol. The van der Waals surface area contributed by atoms with Crippen molar-refractivity contribution in [2.45, 2.75) is 6.43 Å². The summed E-state index contributed by atoms with van der Waals surface area (Å²) in [6.45, 7) is 0. The monoisotopic (exact) mass is 254 g/mol. The molecule has 0 saturated heterocycles. The van der Waals surface area contributed by atoms with Crippen molar-refractivity contribution in [3.8, 4) is 11.1 Å². The predicted molar refractivity (Wildman–Crippen MR) is 74.3 cm³/mol. The molecule has 0 heterocycles. The van der Waals surface area contributed by atoms with Gasteiger partial charge in [-0.25, -0.2) is 8.78 Å². The molecule has 0 spiro atoms. The molecule has 0 N–H and O–H groups in total. The normalized spacial score (nSPS) is 11.1. The molecule has 0 aliphatic rings. The van der Waals surface area contributed by atoms with Crippen LogP contribution in [-0.4, -0.2) is 0 Å². The first-order valence-electron chi connectivity index (χ1n) is 6.12. The lowest BCUT2D eigenvalue weighted by Crippen LogP contribution is -1.89. The fourth-order valence-electron chi connectivity index (χ4n) is 2.31. The van der Waals surface area contributed by atoms with Gasteiger partial charge in [0.25, 0.3) is 6.43 Å². The molecule has 0 fully saturated rings. The van der Waals surface area contributed by atoms with E-state index < -0.39 is 6.43 Å². The second-order valence-electron chi connectivity index (χ2n) is 4.45. The second kappa shape index (κ2) is 4.81. The highest BCUT2D eigenvalue weighted by Gasteiger charge is 2.13. The van der Waals surface area contributed by atoms with Crippen LogP contribution >= 0.6 is 0 Å². The van der Waals surface area contributed by atoms with Gasteiger partial charge < -0.3 is 0 Å². The van der Waals surface area contributed by atoms with E-state index in [1.807, 2.05) is 42.5 Å². The average Bonchev–Trinajstić information content (AvgIpc) is 2.46. The Bertz CT molecular complexity index is 717. The summed E-state index contributed by atoms with van der Waals surface area (Å²) in [6.07, 6.45) is -2.46. The minimum Gasteiger partial charge on any atom is -0.205 e. The number of rotatable bonds is 2. The zero-order valence-corrected chi connectivity index (χ0v) is 10.2. The molecule has 3 rings (SSSR count). The Morgan fingerprint density at radius 3 is 2.16 bits per heavy atom. The molecule has 0 aliphatic carbocycles. The molecular formula is C17H12F2. The summed E-state index contributed by atoms with van der Waals surface area (Å²) in [7, 11) is 0. The van der Waals surface area contributed by atoms with Crippen molar-refractivity contribution >= 4 is 10.8 Å². The van der Waals surface area contributed by atoms with E-state index in [4.69, 9.17) is 0 Å². The van der Waals surface area contributed by atoms with E-state index in [-0.39, 0.29) is 5.56 Å². The maximum absolute atomic E-state index is 13.0. The zero-order valence-electron chi connectivity index (χ0n) is 10.2. The van der Waals surface area contributed by atoms with E-state index in [2.05, 4.69) is 0 Å². The number of hydrogen-bond acceptors (Lipinski definition) is 0. The Kier molecular flexibility index (Phi) is 3.00. The summed E-state index contributed by atoms with van der Waals surface area (Å²) in [5, 5.41) is 2.17. The van der Waals surface area contributed by atoms with E-state index in [1.54, 1.807) is 18.2 Å². The summed E-state index contributed by atoms with van der Waals surface area (Å²) < 4.78 is 26.1. The van der Waals surface area contributed by atoms with Gasteiger partial charge >= 0.3 is 0 Å². The molecule has 0 unspecified atom stereocenters. The third-order valence-corrected chi connectivity index (χ3v) is 3.26. The van der Waals surface area contributed by atoms with Crippen molar-refractivity contribution in [3.05, 3.63) is 72.3 Å². The van der Waals surface area contributed by atoms with Crippen LogP contribution in [0.2, 0.25) is 0 Å². The van der Waals surface area contributed by atoms with Gasteiger partial charge in [0, 0.05) is 5.56 Å². The van der Waals surface area contributed by atoms with Gasteiger partial charge in [0.1, 0.15) is 0 Å². The molecule has 3 aromatic carbocycles. The standard InChI is InChI=1S/C17H12F2/c18-17(19)16-8-4-3-7-15(16)14-10-9-12-5-1-2-6-13(12)11-14/h1-11,17H. The van der Waals surface area contributed by atoms with E-state index in [1.165, 1.54) is 6.07 Å². The molecule has 3 aromatic rings.